The molecule has 1 heterocycles. The standard InChI is InChI=1S/C8H13NO2/c1-11-7(10)6-2-3-8(6)4-9-5-8/h6,9H,2-5H2,1H3/t6-/m1/s1. The van der Waals surface area contributed by atoms with E-state index < -0.39 is 0 Å². The summed E-state index contributed by atoms with van der Waals surface area (Å²) in [5, 5.41) is 3.21. The summed E-state index contributed by atoms with van der Waals surface area (Å²) < 4.78 is 4.72. The largest absolute Gasteiger partial charge is 0.469 e. The maximum Gasteiger partial charge on any atom is 0.309 e. The second kappa shape index (κ2) is 2.21. The highest BCUT2D eigenvalue weighted by molar-refractivity contribution is 5.74. The molecular weight excluding hydrogens is 142 g/mol. The molecule has 3 heteroatoms. The molecule has 2 fully saturated rings. The van der Waals surface area contributed by atoms with Crippen LogP contribution in [0.3, 0.4) is 0 Å². The number of carbonyl (C=O) groups excluding carboxylic acids is 1. The molecule has 0 bridgehead atoms. The van der Waals surface area contributed by atoms with Crippen molar-refractivity contribution in [3.63, 3.8) is 0 Å². The first kappa shape index (κ1) is 7.10. The van der Waals surface area contributed by atoms with E-state index in [-0.39, 0.29) is 11.9 Å². The van der Waals surface area contributed by atoms with E-state index in [0.29, 0.717) is 5.41 Å². The zero-order valence-corrected chi connectivity index (χ0v) is 6.72. The Bertz CT molecular complexity index is 181. The number of ether oxygens (including phenoxy) is 1. The molecule has 0 amide bonds. The lowest BCUT2D eigenvalue weighted by Gasteiger charge is -2.54. The van der Waals surface area contributed by atoms with Crippen molar-refractivity contribution >= 4 is 5.97 Å². The van der Waals surface area contributed by atoms with Crippen molar-refractivity contribution in [1.82, 2.24) is 5.32 Å². The summed E-state index contributed by atoms with van der Waals surface area (Å²) in [5.41, 5.74) is 0.299. The molecule has 1 aliphatic heterocycles. The molecule has 2 aliphatic rings. The van der Waals surface area contributed by atoms with Crippen molar-refractivity contribution in [1.29, 1.82) is 0 Å². The summed E-state index contributed by atoms with van der Waals surface area (Å²) in [6, 6.07) is 0. The lowest BCUT2D eigenvalue weighted by atomic mass is 9.56. The van der Waals surface area contributed by atoms with Gasteiger partial charge in [0.1, 0.15) is 0 Å². The van der Waals surface area contributed by atoms with Crippen LogP contribution in [-0.4, -0.2) is 26.2 Å². The van der Waals surface area contributed by atoms with E-state index in [1.807, 2.05) is 0 Å². The van der Waals surface area contributed by atoms with Gasteiger partial charge in [-0.05, 0) is 12.8 Å². The van der Waals surface area contributed by atoms with Gasteiger partial charge >= 0.3 is 5.97 Å². The molecule has 0 aromatic carbocycles. The van der Waals surface area contributed by atoms with Crippen LogP contribution in [0.2, 0.25) is 0 Å². The Morgan fingerprint density at radius 3 is 2.64 bits per heavy atom. The predicted octanol–water partition coefficient (Wildman–Crippen LogP) is 0.159. The van der Waals surface area contributed by atoms with E-state index in [1.165, 1.54) is 13.5 Å². The molecule has 1 atom stereocenters. The lowest BCUT2D eigenvalue weighted by molar-refractivity contribution is -0.162. The van der Waals surface area contributed by atoms with E-state index in [2.05, 4.69) is 5.32 Å². The van der Waals surface area contributed by atoms with Crippen LogP contribution < -0.4 is 5.32 Å². The molecule has 1 saturated carbocycles. The van der Waals surface area contributed by atoms with Crippen LogP contribution in [-0.2, 0) is 9.53 Å². The highest BCUT2D eigenvalue weighted by atomic mass is 16.5. The maximum absolute atomic E-state index is 11.2. The monoisotopic (exact) mass is 155 g/mol. The number of rotatable bonds is 1. The molecule has 3 nitrogen and oxygen atoms in total. The number of hydrogen-bond acceptors (Lipinski definition) is 3. The Balaban J connectivity index is 2.00. The van der Waals surface area contributed by atoms with Crippen LogP contribution in [0.15, 0.2) is 0 Å². The lowest BCUT2D eigenvalue weighted by Crippen LogP contribution is -2.64. The van der Waals surface area contributed by atoms with Crippen molar-refractivity contribution in [2.45, 2.75) is 12.8 Å². The third kappa shape index (κ3) is 0.805. The van der Waals surface area contributed by atoms with Crippen LogP contribution in [0.1, 0.15) is 12.8 Å². The van der Waals surface area contributed by atoms with Crippen molar-refractivity contribution in [3.05, 3.63) is 0 Å². The van der Waals surface area contributed by atoms with Gasteiger partial charge in [0.05, 0.1) is 13.0 Å². The highest BCUT2D eigenvalue weighted by Crippen LogP contribution is 2.49. The van der Waals surface area contributed by atoms with Gasteiger partial charge in [0.2, 0.25) is 0 Å². The Hall–Kier alpha value is -0.570. The molecule has 0 radical (unpaired) electrons. The summed E-state index contributed by atoms with van der Waals surface area (Å²) >= 11 is 0. The molecule has 0 aromatic rings. The molecule has 2 rings (SSSR count). The van der Waals surface area contributed by atoms with Crippen molar-refractivity contribution in [2.24, 2.45) is 11.3 Å². The van der Waals surface area contributed by atoms with Crippen LogP contribution in [0, 0.1) is 11.3 Å². The van der Waals surface area contributed by atoms with Gasteiger partial charge in [-0.15, -0.1) is 0 Å². The third-order valence-electron chi connectivity index (χ3n) is 3.11. The van der Waals surface area contributed by atoms with E-state index in [4.69, 9.17) is 4.74 Å². The minimum Gasteiger partial charge on any atom is -0.469 e. The Morgan fingerprint density at radius 1 is 1.64 bits per heavy atom. The summed E-state index contributed by atoms with van der Waals surface area (Å²) in [4.78, 5) is 11.2. The second-order valence-corrected chi connectivity index (χ2v) is 3.58. The molecule has 11 heavy (non-hydrogen) atoms. The van der Waals surface area contributed by atoms with Gasteiger partial charge in [-0.1, -0.05) is 0 Å². The van der Waals surface area contributed by atoms with Gasteiger partial charge < -0.3 is 10.1 Å². The molecule has 1 saturated heterocycles. The topological polar surface area (TPSA) is 38.3 Å². The summed E-state index contributed by atoms with van der Waals surface area (Å²) in [6.07, 6.45) is 2.22. The molecule has 1 aliphatic carbocycles. The zero-order chi connectivity index (χ0) is 7.90. The SMILES string of the molecule is COC(=O)[C@H]1CCC12CNC2. The first-order valence-corrected chi connectivity index (χ1v) is 4.07. The van der Waals surface area contributed by atoms with Gasteiger partial charge in [-0.2, -0.15) is 0 Å². The van der Waals surface area contributed by atoms with Gasteiger partial charge in [0, 0.05) is 18.5 Å². The van der Waals surface area contributed by atoms with Gasteiger partial charge in [-0.25, -0.2) is 0 Å². The van der Waals surface area contributed by atoms with Crippen molar-refractivity contribution < 1.29 is 9.53 Å². The number of methoxy groups -OCH3 is 1. The van der Waals surface area contributed by atoms with E-state index in [1.54, 1.807) is 0 Å². The first-order chi connectivity index (χ1) is 5.28. The van der Waals surface area contributed by atoms with Gasteiger partial charge in [0.15, 0.2) is 0 Å². The zero-order valence-electron chi connectivity index (χ0n) is 6.72. The van der Waals surface area contributed by atoms with Crippen LogP contribution in [0.25, 0.3) is 0 Å². The predicted molar refractivity (Wildman–Crippen MR) is 40.0 cm³/mol. The van der Waals surface area contributed by atoms with Crippen molar-refractivity contribution in [2.75, 3.05) is 20.2 Å². The number of nitrogens with one attached hydrogen (secondary N) is 1. The Labute approximate surface area is 66.1 Å². The smallest absolute Gasteiger partial charge is 0.309 e. The Morgan fingerprint density at radius 2 is 2.36 bits per heavy atom. The summed E-state index contributed by atoms with van der Waals surface area (Å²) in [5.74, 6) is 0.173. The van der Waals surface area contributed by atoms with E-state index >= 15 is 0 Å². The maximum atomic E-state index is 11.2. The minimum atomic E-state index is -0.0160. The van der Waals surface area contributed by atoms with E-state index in [9.17, 15) is 4.79 Å². The average molecular weight is 155 g/mol. The molecule has 1 N–H and O–H groups in total. The molecule has 0 unspecified atom stereocenters. The quantitative estimate of drug-likeness (QED) is 0.548. The Kier molecular flexibility index (Phi) is 1.42. The first-order valence-electron chi connectivity index (χ1n) is 4.07. The van der Waals surface area contributed by atoms with Gasteiger partial charge in [0.25, 0.3) is 0 Å². The fourth-order valence-electron chi connectivity index (χ4n) is 2.08. The summed E-state index contributed by atoms with van der Waals surface area (Å²) in [6.45, 7) is 2.01. The fraction of sp³-hybridized carbons (Fsp3) is 0.875. The molecule has 1 spiro atoms. The highest BCUT2D eigenvalue weighted by Gasteiger charge is 2.54. The van der Waals surface area contributed by atoms with Crippen LogP contribution >= 0.6 is 0 Å². The molecular formula is C8H13NO2. The minimum absolute atomic E-state index is 0.0160. The third-order valence-corrected chi connectivity index (χ3v) is 3.11. The van der Waals surface area contributed by atoms with Crippen LogP contribution in [0.5, 0.6) is 0 Å². The number of carbonyl (C=O) groups is 1. The second-order valence-electron chi connectivity index (χ2n) is 3.58. The summed E-state index contributed by atoms with van der Waals surface area (Å²) in [7, 11) is 1.47. The van der Waals surface area contributed by atoms with Crippen molar-refractivity contribution in [3.8, 4) is 0 Å². The van der Waals surface area contributed by atoms with Crippen LogP contribution in [0.4, 0.5) is 0 Å². The molecule has 62 valence electrons. The number of esters is 1. The molecule has 0 aromatic heterocycles. The normalized spacial score (nSPS) is 32.3. The average Bonchev–Trinajstić information content (AvgIpc) is 1.82. The van der Waals surface area contributed by atoms with Gasteiger partial charge in [-0.3, -0.25) is 4.79 Å². The van der Waals surface area contributed by atoms with E-state index in [0.717, 1.165) is 19.5 Å². The fourth-order valence-corrected chi connectivity index (χ4v) is 2.08. The number of hydrogen-bond donors (Lipinski definition) is 1.